The van der Waals surface area contributed by atoms with Gasteiger partial charge < -0.3 is 9.64 Å². The van der Waals surface area contributed by atoms with Crippen molar-refractivity contribution in [1.82, 2.24) is 4.90 Å². The van der Waals surface area contributed by atoms with E-state index in [9.17, 15) is 14.4 Å². The van der Waals surface area contributed by atoms with E-state index in [1.165, 1.54) is 0 Å². The van der Waals surface area contributed by atoms with Gasteiger partial charge in [0.05, 0.1) is 5.56 Å². The number of esters is 1. The highest BCUT2D eigenvalue weighted by Crippen LogP contribution is 2.52. The number of amides is 1. The molecule has 5 nitrogen and oxygen atoms in total. The van der Waals surface area contributed by atoms with Crippen LogP contribution in [0.5, 0.6) is 0 Å². The van der Waals surface area contributed by atoms with Crippen molar-refractivity contribution in [2.24, 2.45) is 10.8 Å². The molecule has 4 rings (SSSR count). The summed E-state index contributed by atoms with van der Waals surface area (Å²) in [4.78, 5) is 39.6. The zero-order valence-corrected chi connectivity index (χ0v) is 18.4. The standard InChI is InChI=1S/C26H29NO4/c1-25(2)13-21-14-26(3,16-25)17-27(21)22(28)15-31-24(30)20-11-9-19(10-12-20)23(29)18-7-5-4-6-8-18/h4-12,21H,13-17H2,1-3H3/t21-,26-/m1/s1. The van der Waals surface area contributed by atoms with Crippen molar-refractivity contribution >= 4 is 17.7 Å². The molecule has 1 heterocycles. The zero-order valence-electron chi connectivity index (χ0n) is 18.4. The highest BCUT2D eigenvalue weighted by Gasteiger charge is 2.50. The van der Waals surface area contributed by atoms with Gasteiger partial charge in [0.25, 0.3) is 5.91 Å². The van der Waals surface area contributed by atoms with Crippen molar-refractivity contribution in [3.8, 4) is 0 Å². The van der Waals surface area contributed by atoms with Crippen LogP contribution < -0.4 is 0 Å². The number of hydrogen-bond donors (Lipinski definition) is 0. The van der Waals surface area contributed by atoms with Crippen molar-refractivity contribution in [2.45, 2.75) is 46.1 Å². The molecule has 1 aliphatic carbocycles. The average molecular weight is 420 g/mol. The smallest absolute Gasteiger partial charge is 0.338 e. The summed E-state index contributed by atoms with van der Waals surface area (Å²) in [5.74, 6) is -0.788. The molecule has 0 radical (unpaired) electrons. The van der Waals surface area contributed by atoms with Gasteiger partial charge in [-0.1, -0.05) is 63.2 Å². The van der Waals surface area contributed by atoms with E-state index in [1.807, 2.05) is 23.1 Å². The van der Waals surface area contributed by atoms with E-state index in [-0.39, 0.29) is 35.2 Å². The molecule has 0 unspecified atom stereocenters. The van der Waals surface area contributed by atoms with Crippen LogP contribution in [0.25, 0.3) is 0 Å². The molecule has 1 saturated heterocycles. The van der Waals surface area contributed by atoms with Crippen LogP contribution in [0.2, 0.25) is 0 Å². The predicted octanol–water partition coefficient (Wildman–Crippen LogP) is 4.50. The fourth-order valence-electron chi connectivity index (χ4n) is 5.56. The molecule has 1 amide bonds. The van der Waals surface area contributed by atoms with Crippen LogP contribution in [0.3, 0.4) is 0 Å². The van der Waals surface area contributed by atoms with Gasteiger partial charge in [-0.15, -0.1) is 0 Å². The van der Waals surface area contributed by atoms with Gasteiger partial charge >= 0.3 is 5.97 Å². The lowest BCUT2D eigenvalue weighted by Gasteiger charge is -2.39. The normalized spacial score (nSPS) is 24.0. The number of carbonyl (C=O) groups excluding carboxylic acids is 3. The number of rotatable bonds is 5. The summed E-state index contributed by atoms with van der Waals surface area (Å²) >= 11 is 0. The van der Waals surface area contributed by atoms with Gasteiger partial charge in [0.1, 0.15) is 0 Å². The van der Waals surface area contributed by atoms with E-state index in [1.54, 1.807) is 36.4 Å². The minimum Gasteiger partial charge on any atom is -0.452 e. The number of likely N-dealkylation sites (tertiary alicyclic amines) is 1. The Morgan fingerprint density at radius 3 is 2.19 bits per heavy atom. The molecule has 2 aromatic rings. The molecule has 0 aromatic heterocycles. The minimum absolute atomic E-state index is 0.104. The van der Waals surface area contributed by atoms with E-state index in [2.05, 4.69) is 20.8 Å². The van der Waals surface area contributed by atoms with Gasteiger partial charge in [0.2, 0.25) is 0 Å². The number of ether oxygens (including phenoxy) is 1. The third-order valence-corrected chi connectivity index (χ3v) is 6.48. The quantitative estimate of drug-likeness (QED) is 0.529. The molecule has 5 heteroatoms. The number of nitrogens with zero attached hydrogens (tertiary/aromatic N) is 1. The van der Waals surface area contributed by atoms with E-state index in [4.69, 9.17) is 4.74 Å². The second-order valence-electron chi connectivity index (χ2n) is 10.1. The molecular formula is C26H29NO4. The predicted molar refractivity (Wildman–Crippen MR) is 118 cm³/mol. The highest BCUT2D eigenvalue weighted by molar-refractivity contribution is 6.09. The Kier molecular flexibility index (Phi) is 5.46. The van der Waals surface area contributed by atoms with Crippen molar-refractivity contribution < 1.29 is 19.1 Å². The Labute approximate surface area is 183 Å². The average Bonchev–Trinajstić information content (AvgIpc) is 3.00. The molecular weight excluding hydrogens is 390 g/mol. The Morgan fingerprint density at radius 1 is 0.903 bits per heavy atom. The monoisotopic (exact) mass is 419 g/mol. The first-order valence-electron chi connectivity index (χ1n) is 10.8. The van der Waals surface area contributed by atoms with Crippen LogP contribution in [0, 0.1) is 10.8 Å². The summed E-state index contributed by atoms with van der Waals surface area (Å²) < 4.78 is 5.31. The molecule has 2 atom stereocenters. The van der Waals surface area contributed by atoms with Crippen LogP contribution in [0.1, 0.15) is 66.3 Å². The van der Waals surface area contributed by atoms with Crippen LogP contribution >= 0.6 is 0 Å². The molecule has 2 aromatic carbocycles. The maximum atomic E-state index is 12.8. The SMILES string of the molecule is CC1(C)C[C@@H]2C[C@@](C)(CN2C(=O)COC(=O)c2ccc(C(=O)c3ccccc3)cc2)C1. The summed E-state index contributed by atoms with van der Waals surface area (Å²) in [5, 5.41) is 0. The lowest BCUT2D eigenvalue weighted by molar-refractivity contribution is -0.135. The maximum Gasteiger partial charge on any atom is 0.338 e. The largest absolute Gasteiger partial charge is 0.452 e. The van der Waals surface area contributed by atoms with Crippen molar-refractivity contribution in [2.75, 3.05) is 13.2 Å². The summed E-state index contributed by atoms with van der Waals surface area (Å²) in [6.07, 6.45) is 3.11. The zero-order chi connectivity index (χ0) is 22.2. The first kappa shape index (κ1) is 21.3. The van der Waals surface area contributed by atoms with Gasteiger partial charge in [-0.3, -0.25) is 9.59 Å². The first-order chi connectivity index (χ1) is 14.7. The highest BCUT2D eigenvalue weighted by atomic mass is 16.5. The van der Waals surface area contributed by atoms with E-state index < -0.39 is 5.97 Å². The van der Waals surface area contributed by atoms with E-state index >= 15 is 0 Å². The number of benzene rings is 2. The number of hydrogen-bond acceptors (Lipinski definition) is 4. The molecule has 0 spiro atoms. The van der Waals surface area contributed by atoms with Crippen LogP contribution in [-0.4, -0.2) is 41.8 Å². The second kappa shape index (κ2) is 7.95. The summed E-state index contributed by atoms with van der Waals surface area (Å²) in [6.45, 7) is 7.25. The van der Waals surface area contributed by atoms with Crippen LogP contribution in [0.4, 0.5) is 0 Å². The third-order valence-electron chi connectivity index (χ3n) is 6.48. The molecule has 0 N–H and O–H groups in total. The maximum absolute atomic E-state index is 12.8. The van der Waals surface area contributed by atoms with Crippen LogP contribution in [0.15, 0.2) is 54.6 Å². The molecule has 2 bridgehead atoms. The number of fused-ring (bicyclic) bond motifs is 2. The third kappa shape index (κ3) is 4.55. The van der Waals surface area contributed by atoms with Crippen LogP contribution in [-0.2, 0) is 9.53 Å². The summed E-state index contributed by atoms with van der Waals surface area (Å²) in [7, 11) is 0. The molecule has 1 aliphatic heterocycles. The summed E-state index contributed by atoms with van der Waals surface area (Å²) in [5.41, 5.74) is 1.79. The Bertz CT molecular complexity index is 996. The van der Waals surface area contributed by atoms with Crippen molar-refractivity contribution in [3.63, 3.8) is 0 Å². The molecule has 162 valence electrons. The molecule has 2 fully saturated rings. The molecule has 2 aliphatic rings. The molecule has 1 saturated carbocycles. The number of carbonyl (C=O) groups is 3. The van der Waals surface area contributed by atoms with Gasteiger partial charge in [-0.05, 0) is 42.2 Å². The van der Waals surface area contributed by atoms with Gasteiger partial charge in [-0.25, -0.2) is 4.79 Å². The second-order valence-corrected chi connectivity index (χ2v) is 10.1. The van der Waals surface area contributed by atoms with Gasteiger partial charge in [0.15, 0.2) is 12.4 Å². The topological polar surface area (TPSA) is 63.7 Å². The lowest BCUT2D eigenvalue weighted by Crippen LogP contribution is -2.39. The Balaban J connectivity index is 1.35. The lowest BCUT2D eigenvalue weighted by atomic mass is 9.65. The van der Waals surface area contributed by atoms with Crippen molar-refractivity contribution in [3.05, 3.63) is 71.3 Å². The van der Waals surface area contributed by atoms with Gasteiger partial charge in [-0.2, -0.15) is 0 Å². The Hall–Kier alpha value is -2.95. The minimum atomic E-state index is -0.555. The first-order valence-corrected chi connectivity index (χ1v) is 10.8. The molecule has 31 heavy (non-hydrogen) atoms. The number of ketones is 1. The van der Waals surface area contributed by atoms with E-state index in [0.717, 1.165) is 25.8 Å². The summed E-state index contributed by atoms with van der Waals surface area (Å²) in [6, 6.07) is 15.6. The van der Waals surface area contributed by atoms with E-state index in [0.29, 0.717) is 16.7 Å². The van der Waals surface area contributed by atoms with Crippen molar-refractivity contribution in [1.29, 1.82) is 0 Å². The fourth-order valence-corrected chi connectivity index (χ4v) is 5.56. The fraction of sp³-hybridized carbons (Fsp3) is 0.423. The van der Waals surface area contributed by atoms with Gasteiger partial charge in [0, 0.05) is 23.7 Å². The Morgan fingerprint density at radius 2 is 1.52 bits per heavy atom.